The Morgan fingerprint density at radius 3 is 2.50 bits per heavy atom. The van der Waals surface area contributed by atoms with Crippen LogP contribution in [-0.4, -0.2) is 51.9 Å². The number of rotatable bonds is 8. The standard InChI is InChI=1S/C13H27NO4S2/c1-3-14-12(8-7-10-19(15,16)4-2)13-9-5-6-11-20(13,17)18/h12-14H,3-11H2,1-2H3. The molecule has 0 spiro atoms. The summed E-state index contributed by atoms with van der Waals surface area (Å²) >= 11 is 0. The van der Waals surface area contributed by atoms with E-state index in [1.165, 1.54) is 0 Å². The summed E-state index contributed by atoms with van der Waals surface area (Å²) in [5.74, 6) is 0.575. The molecule has 7 heteroatoms. The first kappa shape index (κ1) is 17.9. The molecular formula is C13H27NO4S2. The Kier molecular flexibility index (Phi) is 6.94. The van der Waals surface area contributed by atoms with Crippen molar-refractivity contribution >= 4 is 19.7 Å². The van der Waals surface area contributed by atoms with E-state index in [2.05, 4.69) is 5.32 Å². The summed E-state index contributed by atoms with van der Waals surface area (Å²) < 4.78 is 47.3. The molecule has 0 amide bonds. The Morgan fingerprint density at radius 2 is 1.95 bits per heavy atom. The predicted molar refractivity (Wildman–Crippen MR) is 82.5 cm³/mol. The molecule has 0 aromatic rings. The average Bonchev–Trinajstić information content (AvgIpc) is 2.37. The third-order valence-electron chi connectivity index (χ3n) is 3.95. The lowest BCUT2D eigenvalue weighted by molar-refractivity contribution is 0.421. The Labute approximate surface area is 123 Å². The van der Waals surface area contributed by atoms with Gasteiger partial charge in [0, 0.05) is 11.8 Å². The molecular weight excluding hydrogens is 298 g/mol. The van der Waals surface area contributed by atoms with Crippen molar-refractivity contribution in [2.75, 3.05) is 23.8 Å². The summed E-state index contributed by atoms with van der Waals surface area (Å²) in [5.41, 5.74) is 0. The van der Waals surface area contributed by atoms with Gasteiger partial charge in [-0.05, 0) is 32.2 Å². The second-order valence-electron chi connectivity index (χ2n) is 5.44. The molecule has 20 heavy (non-hydrogen) atoms. The monoisotopic (exact) mass is 325 g/mol. The van der Waals surface area contributed by atoms with Crippen molar-refractivity contribution in [3.05, 3.63) is 0 Å². The molecule has 1 N–H and O–H groups in total. The quantitative estimate of drug-likeness (QED) is 0.724. The molecule has 1 aliphatic rings. The number of hydrogen-bond donors (Lipinski definition) is 1. The highest BCUT2D eigenvalue weighted by molar-refractivity contribution is 7.92. The van der Waals surface area contributed by atoms with Crippen LogP contribution in [0, 0.1) is 0 Å². The summed E-state index contributed by atoms with van der Waals surface area (Å²) in [4.78, 5) is 0. The van der Waals surface area contributed by atoms with Crippen LogP contribution in [0.4, 0.5) is 0 Å². The molecule has 2 unspecified atom stereocenters. The van der Waals surface area contributed by atoms with Crippen LogP contribution in [0.5, 0.6) is 0 Å². The van der Waals surface area contributed by atoms with Crippen molar-refractivity contribution in [1.29, 1.82) is 0 Å². The van der Waals surface area contributed by atoms with E-state index in [-0.39, 0.29) is 28.6 Å². The van der Waals surface area contributed by atoms with E-state index in [1.807, 2.05) is 6.92 Å². The van der Waals surface area contributed by atoms with E-state index in [0.29, 0.717) is 25.8 Å². The van der Waals surface area contributed by atoms with Gasteiger partial charge in [0.2, 0.25) is 0 Å². The van der Waals surface area contributed by atoms with Crippen molar-refractivity contribution in [2.45, 2.75) is 57.2 Å². The maximum atomic E-state index is 12.2. The molecule has 0 saturated carbocycles. The number of nitrogens with one attached hydrogen (secondary N) is 1. The topological polar surface area (TPSA) is 80.3 Å². The van der Waals surface area contributed by atoms with Crippen LogP contribution in [0.3, 0.4) is 0 Å². The smallest absolute Gasteiger partial charge is 0.154 e. The third kappa shape index (κ3) is 5.33. The fourth-order valence-corrected chi connectivity index (χ4v) is 5.84. The Bertz CT molecular complexity index is 485. The first-order valence-corrected chi connectivity index (χ1v) is 11.0. The summed E-state index contributed by atoms with van der Waals surface area (Å²) in [7, 11) is -6.00. The van der Waals surface area contributed by atoms with Crippen LogP contribution in [0.15, 0.2) is 0 Å². The Morgan fingerprint density at radius 1 is 1.25 bits per heavy atom. The van der Waals surface area contributed by atoms with Gasteiger partial charge in [0.1, 0.15) is 9.84 Å². The molecule has 1 fully saturated rings. The summed E-state index contributed by atoms with van der Waals surface area (Å²) in [6.45, 7) is 4.30. The van der Waals surface area contributed by atoms with Crippen molar-refractivity contribution in [3.63, 3.8) is 0 Å². The van der Waals surface area contributed by atoms with Crippen LogP contribution >= 0.6 is 0 Å². The summed E-state index contributed by atoms with van der Waals surface area (Å²) in [6.07, 6.45) is 3.53. The molecule has 0 radical (unpaired) electrons. The molecule has 0 aliphatic carbocycles. The van der Waals surface area contributed by atoms with Crippen molar-refractivity contribution in [1.82, 2.24) is 5.32 Å². The van der Waals surface area contributed by atoms with Gasteiger partial charge >= 0.3 is 0 Å². The molecule has 1 rings (SSSR count). The van der Waals surface area contributed by atoms with Crippen LogP contribution in [0.1, 0.15) is 46.0 Å². The Balaban J connectivity index is 2.64. The highest BCUT2D eigenvalue weighted by atomic mass is 32.2. The predicted octanol–water partition coefficient (Wildman–Crippen LogP) is 1.15. The normalized spacial score (nSPS) is 24.4. The van der Waals surface area contributed by atoms with Gasteiger partial charge in [-0.25, -0.2) is 16.8 Å². The Hall–Kier alpha value is -0.140. The minimum absolute atomic E-state index is 0.114. The first-order valence-electron chi connectivity index (χ1n) is 7.47. The fraction of sp³-hybridized carbons (Fsp3) is 1.00. The second kappa shape index (κ2) is 7.75. The molecule has 0 aromatic heterocycles. The van der Waals surface area contributed by atoms with Crippen LogP contribution in [0.25, 0.3) is 0 Å². The molecule has 0 aromatic carbocycles. The van der Waals surface area contributed by atoms with E-state index >= 15 is 0 Å². The lowest BCUT2D eigenvalue weighted by atomic mass is 10.0. The SMILES string of the molecule is CCNC(CCCS(=O)(=O)CC)C1CCCCS1(=O)=O. The fourth-order valence-electron chi connectivity index (χ4n) is 2.78. The van der Waals surface area contributed by atoms with Crippen LogP contribution in [-0.2, 0) is 19.7 Å². The van der Waals surface area contributed by atoms with E-state index < -0.39 is 19.7 Å². The van der Waals surface area contributed by atoms with Crippen molar-refractivity contribution in [2.24, 2.45) is 0 Å². The highest BCUT2D eigenvalue weighted by Gasteiger charge is 2.34. The first-order chi connectivity index (χ1) is 9.32. The van der Waals surface area contributed by atoms with Gasteiger partial charge in [0.15, 0.2) is 9.84 Å². The zero-order valence-corrected chi connectivity index (χ0v) is 14.1. The van der Waals surface area contributed by atoms with Gasteiger partial charge in [0.05, 0.1) is 16.8 Å². The maximum Gasteiger partial charge on any atom is 0.154 e. The van der Waals surface area contributed by atoms with E-state index in [0.717, 1.165) is 12.8 Å². The van der Waals surface area contributed by atoms with Crippen molar-refractivity contribution in [3.8, 4) is 0 Å². The second-order valence-corrected chi connectivity index (χ2v) is 10.3. The van der Waals surface area contributed by atoms with Gasteiger partial charge < -0.3 is 5.32 Å². The van der Waals surface area contributed by atoms with Gasteiger partial charge in [-0.15, -0.1) is 0 Å². The molecule has 2 atom stereocenters. The number of sulfone groups is 2. The zero-order chi connectivity index (χ0) is 15.2. The van der Waals surface area contributed by atoms with Gasteiger partial charge in [0.25, 0.3) is 0 Å². The maximum absolute atomic E-state index is 12.2. The minimum Gasteiger partial charge on any atom is -0.313 e. The van der Waals surface area contributed by atoms with Gasteiger partial charge in [-0.2, -0.15) is 0 Å². The van der Waals surface area contributed by atoms with Crippen LogP contribution in [0.2, 0.25) is 0 Å². The van der Waals surface area contributed by atoms with Crippen molar-refractivity contribution < 1.29 is 16.8 Å². The molecule has 1 aliphatic heterocycles. The average molecular weight is 325 g/mol. The lowest BCUT2D eigenvalue weighted by Gasteiger charge is -2.30. The summed E-state index contributed by atoms with van der Waals surface area (Å²) in [5, 5.41) is 2.89. The van der Waals surface area contributed by atoms with E-state index in [4.69, 9.17) is 0 Å². The van der Waals surface area contributed by atoms with Gasteiger partial charge in [-0.3, -0.25) is 0 Å². The third-order valence-corrected chi connectivity index (χ3v) is 8.09. The molecule has 5 nitrogen and oxygen atoms in total. The lowest BCUT2D eigenvalue weighted by Crippen LogP contribution is -2.46. The van der Waals surface area contributed by atoms with E-state index in [1.54, 1.807) is 6.92 Å². The minimum atomic E-state index is -3.03. The van der Waals surface area contributed by atoms with Crippen LogP contribution < -0.4 is 5.32 Å². The molecule has 120 valence electrons. The molecule has 1 saturated heterocycles. The number of hydrogen-bond acceptors (Lipinski definition) is 5. The highest BCUT2D eigenvalue weighted by Crippen LogP contribution is 2.24. The molecule has 0 bridgehead atoms. The largest absolute Gasteiger partial charge is 0.313 e. The van der Waals surface area contributed by atoms with E-state index in [9.17, 15) is 16.8 Å². The zero-order valence-electron chi connectivity index (χ0n) is 12.5. The molecule has 1 heterocycles. The summed E-state index contributed by atoms with van der Waals surface area (Å²) in [6, 6.07) is -0.114. The van der Waals surface area contributed by atoms with Gasteiger partial charge in [-0.1, -0.05) is 20.3 Å².